The second-order valence-corrected chi connectivity index (χ2v) is 16.5. The van der Waals surface area contributed by atoms with Crippen LogP contribution in [-0.2, 0) is 0 Å². The summed E-state index contributed by atoms with van der Waals surface area (Å²) in [4.78, 5) is 0. The highest BCUT2D eigenvalue weighted by Gasteiger charge is 2.31. The highest BCUT2D eigenvalue weighted by atomic mass is 31.1. The number of benzene rings is 4. The molecule has 7 rings (SSSR count). The van der Waals surface area contributed by atoms with Gasteiger partial charge in [0.25, 0.3) is 0 Å². The molecule has 1 saturated carbocycles. The summed E-state index contributed by atoms with van der Waals surface area (Å²) in [5.74, 6) is 0.386. The number of rotatable bonds is 10. The van der Waals surface area contributed by atoms with Gasteiger partial charge in [0.05, 0.1) is 0 Å². The summed E-state index contributed by atoms with van der Waals surface area (Å²) in [6.07, 6.45) is 16.3. The lowest BCUT2D eigenvalue weighted by atomic mass is 9.90. The number of aliphatic hydroxyl groups excluding tert-OH is 2. The van der Waals surface area contributed by atoms with Crippen LogP contribution in [0.15, 0.2) is 191 Å². The van der Waals surface area contributed by atoms with Gasteiger partial charge in [0.1, 0.15) is 0 Å². The third kappa shape index (κ3) is 6.97. The average molecular weight is 667 g/mol. The second kappa shape index (κ2) is 15.1. The minimum atomic E-state index is -0.863. The Labute approximate surface area is 286 Å². The summed E-state index contributed by atoms with van der Waals surface area (Å²) >= 11 is 0. The van der Waals surface area contributed by atoms with Gasteiger partial charge in [-0.2, -0.15) is 0 Å². The van der Waals surface area contributed by atoms with Crippen LogP contribution in [0.2, 0.25) is 0 Å². The fourth-order valence-corrected chi connectivity index (χ4v) is 11.7. The molecule has 3 aliphatic carbocycles. The molecule has 0 aromatic heterocycles. The molecule has 48 heavy (non-hydrogen) atoms. The number of aliphatic hydroxyl groups is 2. The molecule has 0 bridgehead atoms. The van der Waals surface area contributed by atoms with E-state index in [0.717, 1.165) is 47.5 Å². The number of hydrogen-bond donors (Lipinski definition) is 4. The molecule has 2 atom stereocenters. The molecule has 0 unspecified atom stereocenters. The quantitative estimate of drug-likeness (QED) is 0.102. The first-order valence-electron chi connectivity index (χ1n) is 16.6. The lowest BCUT2D eigenvalue weighted by Crippen LogP contribution is -2.49. The van der Waals surface area contributed by atoms with Gasteiger partial charge in [-0.05, 0) is 72.7 Å². The Kier molecular flexibility index (Phi) is 10.0. The van der Waals surface area contributed by atoms with Crippen molar-refractivity contribution in [3.8, 4) is 0 Å². The van der Waals surface area contributed by atoms with E-state index in [1.165, 1.54) is 21.2 Å². The molecule has 6 heteroatoms. The van der Waals surface area contributed by atoms with E-state index in [-0.39, 0.29) is 23.8 Å². The molecular weight excluding hydrogens is 626 g/mol. The number of nitrogens with one attached hydrogen (secondary N) is 2. The maximum absolute atomic E-state index is 11.7. The number of hydrogen-bond acceptors (Lipinski definition) is 4. The van der Waals surface area contributed by atoms with Crippen molar-refractivity contribution in [2.75, 3.05) is 0 Å². The van der Waals surface area contributed by atoms with Crippen molar-refractivity contribution in [3.63, 3.8) is 0 Å². The third-order valence-electron chi connectivity index (χ3n) is 9.05. The molecule has 4 aromatic carbocycles. The molecule has 0 amide bonds. The Morgan fingerprint density at radius 1 is 0.479 bits per heavy atom. The van der Waals surface area contributed by atoms with Crippen molar-refractivity contribution in [2.45, 2.75) is 37.8 Å². The average Bonchev–Trinajstić information content (AvgIpc) is 3.82. The van der Waals surface area contributed by atoms with E-state index in [9.17, 15) is 10.2 Å². The van der Waals surface area contributed by atoms with Crippen LogP contribution in [0.3, 0.4) is 0 Å². The molecule has 0 heterocycles. The Bertz CT molecular complexity index is 1680. The fraction of sp³-hybridized carbons (Fsp3) is 0.143. The molecule has 0 radical (unpaired) electrons. The normalized spacial score (nSPS) is 20.9. The van der Waals surface area contributed by atoms with Crippen LogP contribution in [0, 0.1) is 0 Å². The second-order valence-electron chi connectivity index (χ2n) is 12.1. The number of allylic oxidation sites excluding steroid dienone is 10. The summed E-state index contributed by atoms with van der Waals surface area (Å²) in [7, 11) is -1.73. The molecule has 4 aromatic rings. The Hall–Kier alpha value is -4.62. The van der Waals surface area contributed by atoms with Crippen molar-refractivity contribution in [3.05, 3.63) is 191 Å². The molecule has 240 valence electrons. The van der Waals surface area contributed by atoms with E-state index in [1.54, 1.807) is 0 Å². The largest absolute Gasteiger partial charge is 0.494 e. The van der Waals surface area contributed by atoms with Gasteiger partial charge < -0.3 is 20.8 Å². The van der Waals surface area contributed by atoms with Gasteiger partial charge in [-0.3, -0.25) is 0 Å². The molecular formula is C42H40N2O2P2. The van der Waals surface area contributed by atoms with Gasteiger partial charge in [-0.15, -0.1) is 0 Å². The Morgan fingerprint density at radius 2 is 0.792 bits per heavy atom. The van der Waals surface area contributed by atoms with Crippen molar-refractivity contribution >= 4 is 37.1 Å². The zero-order valence-corrected chi connectivity index (χ0v) is 28.6. The zero-order valence-electron chi connectivity index (χ0n) is 26.8. The lowest BCUT2D eigenvalue weighted by molar-refractivity contribution is 0.236. The van der Waals surface area contributed by atoms with E-state index in [1.807, 2.05) is 48.6 Å². The molecule has 0 spiro atoms. The Balaban J connectivity index is 1.15. The zero-order chi connectivity index (χ0) is 32.7. The summed E-state index contributed by atoms with van der Waals surface area (Å²) in [6.45, 7) is 0. The van der Waals surface area contributed by atoms with E-state index >= 15 is 0 Å². The molecule has 4 nitrogen and oxygen atoms in total. The van der Waals surface area contributed by atoms with E-state index in [4.69, 9.17) is 0 Å². The molecule has 0 saturated heterocycles. The van der Waals surface area contributed by atoms with Gasteiger partial charge in [0.15, 0.2) is 11.8 Å². The van der Waals surface area contributed by atoms with Crippen molar-refractivity contribution in [2.24, 2.45) is 0 Å². The predicted octanol–water partition coefficient (Wildman–Crippen LogP) is 8.19. The maximum Gasteiger partial charge on any atom is 0.192 e. The predicted molar refractivity (Wildman–Crippen MR) is 204 cm³/mol. The maximum atomic E-state index is 11.7. The third-order valence-corrected chi connectivity index (χ3v) is 14.0. The lowest BCUT2D eigenvalue weighted by Gasteiger charge is -2.34. The van der Waals surface area contributed by atoms with Gasteiger partial charge >= 0.3 is 0 Å². The first-order valence-corrected chi connectivity index (χ1v) is 19.3. The van der Waals surface area contributed by atoms with Crippen LogP contribution in [0.25, 0.3) is 0 Å². The van der Waals surface area contributed by atoms with Crippen LogP contribution in [0.1, 0.15) is 25.7 Å². The van der Waals surface area contributed by atoms with Crippen molar-refractivity contribution < 1.29 is 10.2 Å². The summed E-state index contributed by atoms with van der Waals surface area (Å²) in [5.41, 5.74) is 1.67. The topological polar surface area (TPSA) is 64.5 Å². The first kappa shape index (κ1) is 32.0. The van der Waals surface area contributed by atoms with Gasteiger partial charge in [0, 0.05) is 23.2 Å². The van der Waals surface area contributed by atoms with E-state index in [0.29, 0.717) is 0 Å². The van der Waals surface area contributed by atoms with Crippen molar-refractivity contribution in [1.29, 1.82) is 0 Å². The highest BCUT2D eigenvalue weighted by Crippen LogP contribution is 2.50. The summed E-state index contributed by atoms with van der Waals surface area (Å²) in [6, 6.07) is 42.2. The van der Waals surface area contributed by atoms with Crippen LogP contribution < -0.4 is 31.9 Å². The summed E-state index contributed by atoms with van der Waals surface area (Å²) in [5, 5.41) is 37.7. The monoisotopic (exact) mass is 666 g/mol. The van der Waals surface area contributed by atoms with Gasteiger partial charge in [0.2, 0.25) is 0 Å². The van der Waals surface area contributed by atoms with Gasteiger partial charge in [-0.1, -0.05) is 158 Å². The van der Waals surface area contributed by atoms with Crippen LogP contribution in [-0.4, -0.2) is 22.3 Å². The van der Waals surface area contributed by atoms with Crippen LogP contribution in [0.4, 0.5) is 0 Å². The fourth-order valence-electron chi connectivity index (χ4n) is 6.76. The molecule has 0 aliphatic heterocycles. The van der Waals surface area contributed by atoms with E-state index < -0.39 is 15.8 Å². The SMILES string of the molecule is O/C(N[C@@H]1CCCC[C@H]1N/C(O)=C1/C=CC=C1P(c1ccccc1)c1ccccc1)=C1\C=CC=C1P(c1ccccc1)c1ccccc1. The smallest absolute Gasteiger partial charge is 0.192 e. The minimum Gasteiger partial charge on any atom is -0.494 e. The van der Waals surface area contributed by atoms with Crippen molar-refractivity contribution in [1.82, 2.24) is 10.6 Å². The van der Waals surface area contributed by atoms with Gasteiger partial charge in [-0.25, -0.2) is 0 Å². The molecule has 4 N–H and O–H groups in total. The van der Waals surface area contributed by atoms with Crippen LogP contribution in [0.5, 0.6) is 0 Å². The minimum absolute atomic E-state index is 0.0495. The van der Waals surface area contributed by atoms with Crippen LogP contribution >= 0.6 is 15.8 Å². The Morgan fingerprint density at radius 3 is 1.10 bits per heavy atom. The first-order chi connectivity index (χ1) is 23.7. The van der Waals surface area contributed by atoms with E-state index in [2.05, 4.69) is 120 Å². The standard InChI is InChI=1S/C42H40N2O2P2/c45-41(35-25-15-29-39(35)47(31-17-5-1-6-18-31)32-19-7-2-8-20-32)43-37-27-13-14-28-38(37)44-42(46)36-26-16-30-40(36)48(33-21-9-3-10-22-33)34-23-11-4-12-24-34/h1-12,15-26,29-30,37-38,43-46H,13-14,27-28H2/b41-35+,42-36+/t37-,38-/m1/s1. The molecule has 1 fully saturated rings. The summed E-state index contributed by atoms with van der Waals surface area (Å²) < 4.78 is 0. The molecule has 3 aliphatic rings. The highest BCUT2D eigenvalue weighted by molar-refractivity contribution is 7.77.